The number of thiocarbonyl (C=S) groups is 1. The fourth-order valence-corrected chi connectivity index (χ4v) is 3.07. The number of halogens is 2. The minimum Gasteiger partial charge on any atom is -0.389 e. The average Bonchev–Trinajstić information content (AvgIpc) is 2.28. The van der Waals surface area contributed by atoms with Crippen LogP contribution < -0.4 is 11.1 Å². The molecule has 0 aliphatic rings. The number of rotatable bonds is 3. The summed E-state index contributed by atoms with van der Waals surface area (Å²) in [5.74, 6) is 0. The first kappa shape index (κ1) is 13.8. The van der Waals surface area contributed by atoms with Gasteiger partial charge in [0, 0.05) is 25.0 Å². The van der Waals surface area contributed by atoms with Gasteiger partial charge in [0.2, 0.25) is 0 Å². The molecule has 0 fully saturated rings. The molecule has 0 aliphatic heterocycles. The van der Waals surface area contributed by atoms with Crippen molar-refractivity contribution in [1.82, 2.24) is 0 Å². The Hall–Kier alpha value is -0.660. The van der Waals surface area contributed by atoms with Crippen LogP contribution in [0.2, 0.25) is 0 Å². The lowest BCUT2D eigenvalue weighted by molar-refractivity contribution is 1.49. The van der Waals surface area contributed by atoms with Crippen molar-refractivity contribution < 1.29 is 0 Å². The number of hydrogen-bond donors (Lipinski definition) is 2. The lowest BCUT2D eigenvalue weighted by Crippen LogP contribution is -2.12. The first-order valence-electron chi connectivity index (χ1n) is 5.19. The maximum Gasteiger partial charge on any atom is 0.107 e. The normalized spacial score (nSPS) is 10.1. The minimum atomic E-state index is 0.371. The minimum absolute atomic E-state index is 0.371. The predicted octanol–water partition coefficient (Wildman–Crippen LogP) is 4.43. The Labute approximate surface area is 133 Å². The van der Waals surface area contributed by atoms with Crippen molar-refractivity contribution in [2.24, 2.45) is 5.73 Å². The van der Waals surface area contributed by atoms with Crippen LogP contribution in [0.15, 0.2) is 46.9 Å². The molecule has 2 aromatic carbocycles. The molecule has 0 heterocycles. The summed E-state index contributed by atoms with van der Waals surface area (Å²) in [6, 6.07) is 13.9. The number of anilines is 2. The number of nitrogens with one attached hydrogen (secondary N) is 1. The van der Waals surface area contributed by atoms with Crippen LogP contribution in [0.5, 0.6) is 0 Å². The summed E-state index contributed by atoms with van der Waals surface area (Å²) in [5.41, 5.74) is 8.50. The van der Waals surface area contributed by atoms with Crippen LogP contribution in [0.3, 0.4) is 0 Å². The van der Waals surface area contributed by atoms with Crippen LogP contribution in [-0.2, 0) is 0 Å². The predicted molar refractivity (Wildman–Crippen MR) is 92.5 cm³/mol. The molecule has 0 aromatic heterocycles. The second-order valence-corrected chi connectivity index (χ2v) is 6.20. The largest absolute Gasteiger partial charge is 0.389 e. The third-order valence-electron chi connectivity index (χ3n) is 2.36. The van der Waals surface area contributed by atoms with E-state index in [4.69, 9.17) is 18.0 Å². The summed E-state index contributed by atoms with van der Waals surface area (Å²) in [6.07, 6.45) is 0. The van der Waals surface area contributed by atoms with Crippen LogP contribution >= 0.6 is 50.7 Å². The topological polar surface area (TPSA) is 38.0 Å². The van der Waals surface area contributed by atoms with Gasteiger partial charge >= 0.3 is 0 Å². The van der Waals surface area contributed by atoms with Crippen molar-refractivity contribution in [3.05, 3.63) is 56.1 Å². The third kappa shape index (κ3) is 3.21. The molecule has 0 aliphatic carbocycles. The molecule has 0 saturated carbocycles. The summed E-state index contributed by atoms with van der Waals surface area (Å²) >= 11 is 10.8. The van der Waals surface area contributed by atoms with Gasteiger partial charge in [-0.25, -0.2) is 0 Å². The number of benzene rings is 2. The van der Waals surface area contributed by atoms with E-state index < -0.39 is 0 Å². The van der Waals surface area contributed by atoms with E-state index in [9.17, 15) is 0 Å². The molecule has 2 nitrogen and oxygen atoms in total. The molecule has 2 aromatic rings. The fourth-order valence-electron chi connectivity index (χ4n) is 1.60. The second-order valence-electron chi connectivity index (χ2n) is 3.66. The summed E-state index contributed by atoms with van der Waals surface area (Å²) < 4.78 is 2.06. The number of nitrogens with two attached hydrogens (primary N) is 1. The fraction of sp³-hybridized carbons (Fsp3) is 0. The zero-order valence-corrected chi connectivity index (χ0v) is 13.8. The molecule has 0 saturated heterocycles. The van der Waals surface area contributed by atoms with Crippen LogP contribution in [0.1, 0.15) is 5.56 Å². The van der Waals surface area contributed by atoms with Crippen molar-refractivity contribution >= 4 is 67.1 Å². The van der Waals surface area contributed by atoms with Gasteiger partial charge in [-0.1, -0.05) is 24.4 Å². The Kier molecular flexibility index (Phi) is 4.58. The summed E-state index contributed by atoms with van der Waals surface area (Å²) in [6.45, 7) is 0. The highest BCUT2D eigenvalue weighted by molar-refractivity contribution is 14.1. The van der Waals surface area contributed by atoms with Crippen molar-refractivity contribution in [2.75, 3.05) is 5.32 Å². The molecule has 2 rings (SSSR count). The molecule has 0 atom stereocenters. The standard InChI is InChI=1S/C13H10BrIN2S/c14-10-5-2-6-11(12(10)13(16)18)17-9-4-1-3-8(15)7-9/h1-7,17H,(H2,16,18). The third-order valence-corrected chi connectivity index (χ3v) is 3.90. The first-order valence-corrected chi connectivity index (χ1v) is 7.47. The molecule has 0 radical (unpaired) electrons. The molecule has 0 spiro atoms. The lowest BCUT2D eigenvalue weighted by atomic mass is 10.1. The van der Waals surface area contributed by atoms with E-state index in [-0.39, 0.29) is 0 Å². The Bertz CT molecular complexity index is 601. The monoisotopic (exact) mass is 432 g/mol. The van der Waals surface area contributed by atoms with Gasteiger partial charge in [0.25, 0.3) is 0 Å². The van der Waals surface area contributed by atoms with E-state index in [1.165, 1.54) is 3.57 Å². The lowest BCUT2D eigenvalue weighted by Gasteiger charge is -2.13. The Balaban J connectivity index is 2.40. The van der Waals surface area contributed by atoms with E-state index in [0.717, 1.165) is 21.4 Å². The van der Waals surface area contributed by atoms with Gasteiger partial charge in [0.05, 0.1) is 0 Å². The SMILES string of the molecule is NC(=S)c1c(Br)cccc1Nc1cccc(I)c1. The average molecular weight is 433 g/mol. The molecular weight excluding hydrogens is 423 g/mol. The van der Waals surface area contributed by atoms with E-state index in [1.54, 1.807) is 0 Å². The van der Waals surface area contributed by atoms with Crippen LogP contribution in [0.4, 0.5) is 11.4 Å². The number of hydrogen-bond acceptors (Lipinski definition) is 2. The highest BCUT2D eigenvalue weighted by Gasteiger charge is 2.09. The van der Waals surface area contributed by atoms with Gasteiger partial charge in [0.1, 0.15) is 4.99 Å². The van der Waals surface area contributed by atoms with Crippen LogP contribution in [-0.4, -0.2) is 4.99 Å². The second kappa shape index (κ2) is 5.99. The van der Waals surface area contributed by atoms with Crippen molar-refractivity contribution in [3.63, 3.8) is 0 Å². The maximum absolute atomic E-state index is 5.76. The van der Waals surface area contributed by atoms with Crippen LogP contribution in [0, 0.1) is 3.57 Å². The zero-order valence-electron chi connectivity index (χ0n) is 9.28. The van der Waals surface area contributed by atoms with Gasteiger partial charge in [-0.3, -0.25) is 0 Å². The van der Waals surface area contributed by atoms with Crippen molar-refractivity contribution in [2.45, 2.75) is 0 Å². The van der Waals surface area contributed by atoms with Crippen LogP contribution in [0.25, 0.3) is 0 Å². The first-order chi connectivity index (χ1) is 8.58. The molecule has 18 heavy (non-hydrogen) atoms. The van der Waals surface area contributed by atoms with E-state index in [0.29, 0.717) is 4.99 Å². The maximum atomic E-state index is 5.76. The quantitative estimate of drug-likeness (QED) is 0.556. The summed E-state index contributed by atoms with van der Waals surface area (Å²) in [5, 5.41) is 3.33. The van der Waals surface area contributed by atoms with E-state index in [1.807, 2.05) is 36.4 Å². The van der Waals surface area contributed by atoms with Gasteiger partial charge < -0.3 is 11.1 Å². The van der Waals surface area contributed by atoms with Gasteiger partial charge in [-0.15, -0.1) is 0 Å². The smallest absolute Gasteiger partial charge is 0.107 e. The highest BCUT2D eigenvalue weighted by Crippen LogP contribution is 2.27. The molecule has 0 bridgehead atoms. The zero-order chi connectivity index (χ0) is 13.1. The highest BCUT2D eigenvalue weighted by atomic mass is 127. The van der Waals surface area contributed by atoms with Gasteiger partial charge in [-0.05, 0) is 68.9 Å². The Morgan fingerprint density at radius 2 is 1.94 bits per heavy atom. The summed E-state index contributed by atoms with van der Waals surface area (Å²) in [4.78, 5) is 0.371. The van der Waals surface area contributed by atoms with Crippen molar-refractivity contribution in [3.8, 4) is 0 Å². The molecule has 0 unspecified atom stereocenters. The van der Waals surface area contributed by atoms with Crippen molar-refractivity contribution in [1.29, 1.82) is 0 Å². The summed E-state index contributed by atoms with van der Waals surface area (Å²) in [7, 11) is 0. The van der Waals surface area contributed by atoms with Gasteiger partial charge in [0.15, 0.2) is 0 Å². The molecule has 0 amide bonds. The molecular formula is C13H10BrIN2S. The molecule has 5 heteroatoms. The molecule has 92 valence electrons. The Morgan fingerprint density at radius 1 is 1.22 bits per heavy atom. The van der Waals surface area contributed by atoms with E-state index >= 15 is 0 Å². The van der Waals surface area contributed by atoms with Gasteiger partial charge in [-0.2, -0.15) is 0 Å². The van der Waals surface area contributed by atoms with E-state index in [2.05, 4.69) is 49.9 Å². The molecule has 3 N–H and O–H groups in total. The Morgan fingerprint density at radius 3 is 2.61 bits per heavy atom.